The summed E-state index contributed by atoms with van der Waals surface area (Å²) in [6.45, 7) is 0. The molecule has 2 nitrogen and oxygen atoms in total. The molecule has 1 unspecified atom stereocenters. The number of hydrogen-bond donors (Lipinski definition) is 2. The molecular formula is C12H11BrClFN2S. The maximum atomic E-state index is 13.2. The summed E-state index contributed by atoms with van der Waals surface area (Å²) in [5, 5.41) is 0.548. The fourth-order valence-electron chi connectivity index (χ4n) is 1.68. The molecule has 2 aromatic rings. The second kappa shape index (κ2) is 6.12. The van der Waals surface area contributed by atoms with E-state index < -0.39 is 0 Å². The van der Waals surface area contributed by atoms with Crippen molar-refractivity contribution in [3.05, 3.63) is 55.4 Å². The van der Waals surface area contributed by atoms with Crippen molar-refractivity contribution in [1.29, 1.82) is 0 Å². The van der Waals surface area contributed by atoms with Crippen LogP contribution in [0.5, 0.6) is 0 Å². The van der Waals surface area contributed by atoms with Gasteiger partial charge < -0.3 is 0 Å². The van der Waals surface area contributed by atoms with E-state index in [1.807, 2.05) is 12.1 Å². The zero-order valence-corrected chi connectivity index (χ0v) is 12.4. The van der Waals surface area contributed by atoms with Gasteiger partial charge in [0.15, 0.2) is 0 Å². The minimum Gasteiger partial charge on any atom is -0.271 e. The van der Waals surface area contributed by atoms with Crippen molar-refractivity contribution >= 4 is 38.9 Å². The van der Waals surface area contributed by atoms with Crippen LogP contribution in [0.4, 0.5) is 4.39 Å². The van der Waals surface area contributed by atoms with E-state index in [1.165, 1.54) is 12.1 Å². The second-order valence-corrected chi connectivity index (χ2v) is 6.70. The molecular weight excluding hydrogens is 339 g/mol. The molecule has 3 N–H and O–H groups in total. The third kappa shape index (κ3) is 3.30. The molecule has 1 aromatic heterocycles. The molecule has 0 saturated heterocycles. The van der Waals surface area contributed by atoms with E-state index in [4.69, 9.17) is 17.4 Å². The van der Waals surface area contributed by atoms with Gasteiger partial charge in [0.1, 0.15) is 5.82 Å². The van der Waals surface area contributed by atoms with Crippen LogP contribution in [0.2, 0.25) is 5.02 Å². The number of hydrogen-bond acceptors (Lipinski definition) is 3. The van der Waals surface area contributed by atoms with Gasteiger partial charge in [-0.2, -0.15) is 0 Å². The Morgan fingerprint density at radius 3 is 2.78 bits per heavy atom. The third-order valence-corrected chi connectivity index (χ3v) is 4.68. The van der Waals surface area contributed by atoms with Crippen molar-refractivity contribution in [3.63, 3.8) is 0 Å². The highest BCUT2D eigenvalue weighted by molar-refractivity contribution is 9.11. The van der Waals surface area contributed by atoms with E-state index in [1.54, 1.807) is 17.4 Å². The van der Waals surface area contributed by atoms with Gasteiger partial charge in [-0.1, -0.05) is 11.6 Å². The largest absolute Gasteiger partial charge is 0.271 e. The Balaban J connectivity index is 2.22. The Kier molecular flexibility index (Phi) is 4.75. The average Bonchev–Trinajstić information content (AvgIpc) is 2.77. The molecule has 0 aliphatic heterocycles. The zero-order valence-electron chi connectivity index (χ0n) is 9.29. The van der Waals surface area contributed by atoms with Gasteiger partial charge in [-0.15, -0.1) is 11.3 Å². The van der Waals surface area contributed by atoms with Gasteiger partial charge in [0.05, 0.1) is 9.83 Å². The highest BCUT2D eigenvalue weighted by Gasteiger charge is 2.15. The quantitative estimate of drug-likeness (QED) is 0.645. The van der Waals surface area contributed by atoms with Gasteiger partial charge in [0.2, 0.25) is 0 Å². The normalized spacial score (nSPS) is 12.7. The first-order chi connectivity index (χ1) is 8.60. The zero-order chi connectivity index (χ0) is 13.1. The molecule has 18 heavy (non-hydrogen) atoms. The summed E-state index contributed by atoms with van der Waals surface area (Å²) in [5.74, 6) is 5.26. The molecule has 1 aromatic carbocycles. The number of nitrogens with two attached hydrogens (primary N) is 1. The first kappa shape index (κ1) is 14.0. The van der Waals surface area contributed by atoms with E-state index in [0.29, 0.717) is 11.4 Å². The monoisotopic (exact) mass is 348 g/mol. The summed E-state index contributed by atoms with van der Waals surface area (Å²) in [5.41, 5.74) is 3.48. The Labute approximate surface area is 122 Å². The summed E-state index contributed by atoms with van der Waals surface area (Å²) >= 11 is 11.0. The van der Waals surface area contributed by atoms with Crippen LogP contribution in [-0.4, -0.2) is 0 Å². The van der Waals surface area contributed by atoms with Crippen LogP contribution in [0.15, 0.2) is 34.1 Å². The van der Waals surface area contributed by atoms with Crippen molar-refractivity contribution in [2.75, 3.05) is 0 Å². The second-order valence-electron chi connectivity index (χ2n) is 3.80. The summed E-state index contributed by atoms with van der Waals surface area (Å²) in [6.07, 6.45) is 0.542. The molecule has 0 fully saturated rings. The summed E-state index contributed by atoms with van der Waals surface area (Å²) in [6, 6.07) is 8.20. The predicted molar refractivity (Wildman–Crippen MR) is 77.2 cm³/mol. The molecule has 0 bridgehead atoms. The molecule has 2 rings (SSSR count). The van der Waals surface area contributed by atoms with Crippen LogP contribution in [0, 0.1) is 5.82 Å². The van der Waals surface area contributed by atoms with Crippen molar-refractivity contribution < 1.29 is 4.39 Å². The maximum absolute atomic E-state index is 13.2. The van der Waals surface area contributed by atoms with Crippen molar-refractivity contribution in [2.45, 2.75) is 12.5 Å². The molecule has 0 spiro atoms. The lowest BCUT2D eigenvalue weighted by Crippen LogP contribution is -2.29. The van der Waals surface area contributed by atoms with Crippen molar-refractivity contribution in [3.8, 4) is 0 Å². The first-order valence-electron chi connectivity index (χ1n) is 5.25. The first-order valence-corrected chi connectivity index (χ1v) is 7.24. The summed E-state index contributed by atoms with van der Waals surface area (Å²) < 4.78 is 14.2. The van der Waals surface area contributed by atoms with E-state index in [9.17, 15) is 4.39 Å². The number of rotatable bonds is 4. The molecule has 96 valence electrons. The number of hydrazine groups is 1. The Morgan fingerprint density at radius 1 is 1.39 bits per heavy atom. The highest BCUT2D eigenvalue weighted by atomic mass is 79.9. The van der Waals surface area contributed by atoms with Crippen LogP contribution in [-0.2, 0) is 6.42 Å². The summed E-state index contributed by atoms with van der Waals surface area (Å²) in [7, 11) is 0. The Hall–Kier alpha value is -0.460. The lowest BCUT2D eigenvalue weighted by Gasteiger charge is -2.15. The van der Waals surface area contributed by atoms with Gasteiger partial charge >= 0.3 is 0 Å². The SMILES string of the molecule is NNC(Cc1cc(F)ccc1Cl)c1ccc(Br)s1. The molecule has 6 heteroatoms. The Bertz CT molecular complexity index is 547. The Morgan fingerprint density at radius 2 is 2.17 bits per heavy atom. The number of halogens is 3. The summed E-state index contributed by atoms with van der Waals surface area (Å²) in [4.78, 5) is 1.07. The standard InChI is InChI=1S/C12H11BrClFN2S/c13-12-4-3-11(18-12)10(17-16)6-7-5-8(15)1-2-9(7)14/h1-5,10,17H,6,16H2. The minimum absolute atomic E-state index is 0.0828. The fraction of sp³-hybridized carbons (Fsp3) is 0.167. The van der Waals surface area contributed by atoms with Gasteiger partial charge in [0.25, 0.3) is 0 Å². The van der Waals surface area contributed by atoms with Gasteiger partial charge in [-0.05, 0) is 58.2 Å². The highest BCUT2D eigenvalue weighted by Crippen LogP contribution is 2.30. The number of nitrogens with one attached hydrogen (secondary N) is 1. The van der Waals surface area contributed by atoms with Gasteiger partial charge in [-0.3, -0.25) is 11.3 Å². The van der Waals surface area contributed by atoms with Gasteiger partial charge in [0, 0.05) is 9.90 Å². The molecule has 0 saturated carbocycles. The predicted octanol–water partition coefficient (Wildman–Crippen LogP) is 4.05. The van der Waals surface area contributed by atoms with Crippen molar-refractivity contribution in [1.82, 2.24) is 5.43 Å². The van der Waals surface area contributed by atoms with Crippen molar-refractivity contribution in [2.24, 2.45) is 5.84 Å². The lowest BCUT2D eigenvalue weighted by molar-refractivity contribution is 0.557. The van der Waals surface area contributed by atoms with Crippen LogP contribution in [0.1, 0.15) is 16.5 Å². The van der Waals surface area contributed by atoms with E-state index in [2.05, 4.69) is 21.4 Å². The molecule has 0 amide bonds. The molecule has 1 atom stereocenters. The van der Waals surface area contributed by atoms with Crippen LogP contribution >= 0.6 is 38.9 Å². The lowest BCUT2D eigenvalue weighted by atomic mass is 10.0. The number of thiophene rings is 1. The molecule has 1 heterocycles. The van der Waals surface area contributed by atoms with Crippen LogP contribution in [0.3, 0.4) is 0 Å². The number of benzene rings is 1. The fourth-order valence-corrected chi connectivity index (χ4v) is 3.36. The topological polar surface area (TPSA) is 38.0 Å². The molecule has 0 aliphatic rings. The molecule has 0 aliphatic carbocycles. The average molecular weight is 350 g/mol. The molecule has 0 radical (unpaired) electrons. The van der Waals surface area contributed by atoms with Crippen LogP contribution < -0.4 is 11.3 Å². The van der Waals surface area contributed by atoms with E-state index >= 15 is 0 Å². The van der Waals surface area contributed by atoms with Gasteiger partial charge in [-0.25, -0.2) is 4.39 Å². The van der Waals surface area contributed by atoms with Crippen LogP contribution in [0.25, 0.3) is 0 Å². The minimum atomic E-state index is -0.294. The maximum Gasteiger partial charge on any atom is 0.123 e. The third-order valence-electron chi connectivity index (χ3n) is 2.57. The van der Waals surface area contributed by atoms with E-state index in [-0.39, 0.29) is 11.9 Å². The smallest absolute Gasteiger partial charge is 0.123 e. The van der Waals surface area contributed by atoms with E-state index in [0.717, 1.165) is 14.2 Å².